The molecule has 0 radical (unpaired) electrons. The first-order valence-corrected chi connectivity index (χ1v) is 5.23. The number of carbonyl (C=O) groups is 1. The molecule has 2 aromatic rings. The van der Waals surface area contributed by atoms with E-state index in [1.54, 1.807) is 0 Å². The minimum Gasteiger partial charge on any atom is -0.508 e. The fourth-order valence-corrected chi connectivity index (χ4v) is 1.46. The summed E-state index contributed by atoms with van der Waals surface area (Å²) in [5.41, 5.74) is -0.420. The van der Waals surface area contributed by atoms with Crippen molar-refractivity contribution in [3.05, 3.63) is 59.4 Å². The van der Waals surface area contributed by atoms with E-state index in [2.05, 4.69) is 5.32 Å². The zero-order chi connectivity index (χ0) is 14.0. The highest BCUT2D eigenvalue weighted by molar-refractivity contribution is 6.04. The molecule has 0 saturated carbocycles. The van der Waals surface area contributed by atoms with Crippen molar-refractivity contribution in [1.29, 1.82) is 0 Å². The minimum atomic E-state index is -1.66. The lowest BCUT2D eigenvalue weighted by Gasteiger charge is -2.07. The van der Waals surface area contributed by atoms with Gasteiger partial charge in [-0.2, -0.15) is 0 Å². The van der Waals surface area contributed by atoms with Crippen molar-refractivity contribution in [1.82, 2.24) is 0 Å². The summed E-state index contributed by atoms with van der Waals surface area (Å²) in [6.45, 7) is 0. The van der Waals surface area contributed by atoms with Crippen LogP contribution < -0.4 is 5.32 Å². The van der Waals surface area contributed by atoms with Gasteiger partial charge in [-0.1, -0.05) is 6.07 Å². The Balaban J connectivity index is 2.27. The molecule has 0 heterocycles. The number of hydrogen-bond donors (Lipinski definition) is 2. The first kappa shape index (κ1) is 12.9. The largest absolute Gasteiger partial charge is 0.508 e. The van der Waals surface area contributed by atoms with Gasteiger partial charge in [0.1, 0.15) is 5.75 Å². The van der Waals surface area contributed by atoms with Crippen LogP contribution in [-0.2, 0) is 0 Å². The fraction of sp³-hybridized carbons (Fsp3) is 0. The molecular formula is C13H8F3NO2. The van der Waals surface area contributed by atoms with E-state index in [9.17, 15) is 23.1 Å². The number of aromatic hydroxyl groups is 1. The van der Waals surface area contributed by atoms with Crippen LogP contribution in [0.3, 0.4) is 0 Å². The Hall–Kier alpha value is -2.50. The monoisotopic (exact) mass is 267 g/mol. The van der Waals surface area contributed by atoms with E-state index in [4.69, 9.17) is 0 Å². The summed E-state index contributed by atoms with van der Waals surface area (Å²) < 4.78 is 39.0. The molecule has 6 heteroatoms. The average Bonchev–Trinajstić information content (AvgIpc) is 2.39. The van der Waals surface area contributed by atoms with Gasteiger partial charge in [-0.05, 0) is 30.3 Å². The summed E-state index contributed by atoms with van der Waals surface area (Å²) in [7, 11) is 0. The molecule has 2 aromatic carbocycles. The van der Waals surface area contributed by atoms with Crippen LogP contribution >= 0.6 is 0 Å². The van der Waals surface area contributed by atoms with E-state index in [0.717, 1.165) is 12.1 Å². The van der Waals surface area contributed by atoms with Crippen molar-refractivity contribution in [3.8, 4) is 5.75 Å². The van der Waals surface area contributed by atoms with E-state index in [1.165, 1.54) is 18.2 Å². The van der Waals surface area contributed by atoms with Gasteiger partial charge in [0.15, 0.2) is 17.5 Å². The first-order chi connectivity index (χ1) is 8.99. The standard InChI is InChI=1S/C13H8F3NO2/c14-9-4-5-10(12(16)11(9)15)17-13(19)7-2-1-3-8(18)6-7/h1-6,18H,(H,17,19). The number of phenolic OH excluding ortho intramolecular Hbond substituents is 1. The average molecular weight is 267 g/mol. The molecule has 0 unspecified atom stereocenters. The van der Waals surface area contributed by atoms with Crippen molar-refractivity contribution < 1.29 is 23.1 Å². The Labute approximate surface area is 106 Å². The van der Waals surface area contributed by atoms with E-state index in [1.807, 2.05) is 0 Å². The van der Waals surface area contributed by atoms with Gasteiger partial charge in [0.05, 0.1) is 5.69 Å². The molecule has 0 aliphatic heterocycles. The van der Waals surface area contributed by atoms with Gasteiger partial charge in [-0.25, -0.2) is 13.2 Å². The Morgan fingerprint density at radius 3 is 2.47 bits per heavy atom. The predicted molar refractivity (Wildman–Crippen MR) is 62.4 cm³/mol. The molecule has 1 amide bonds. The van der Waals surface area contributed by atoms with Gasteiger partial charge in [-0.3, -0.25) is 4.79 Å². The van der Waals surface area contributed by atoms with Crippen LogP contribution in [0.15, 0.2) is 36.4 Å². The number of nitrogens with one attached hydrogen (secondary N) is 1. The maximum absolute atomic E-state index is 13.3. The quantitative estimate of drug-likeness (QED) is 0.821. The smallest absolute Gasteiger partial charge is 0.255 e. The maximum Gasteiger partial charge on any atom is 0.255 e. The number of amides is 1. The van der Waals surface area contributed by atoms with Crippen molar-refractivity contribution in [2.75, 3.05) is 5.32 Å². The Morgan fingerprint density at radius 2 is 1.79 bits per heavy atom. The van der Waals surface area contributed by atoms with Crippen LogP contribution in [-0.4, -0.2) is 11.0 Å². The lowest BCUT2D eigenvalue weighted by molar-refractivity contribution is 0.102. The highest BCUT2D eigenvalue weighted by atomic mass is 19.2. The van der Waals surface area contributed by atoms with Gasteiger partial charge >= 0.3 is 0 Å². The highest BCUT2D eigenvalue weighted by Crippen LogP contribution is 2.20. The molecule has 0 bridgehead atoms. The predicted octanol–water partition coefficient (Wildman–Crippen LogP) is 3.06. The van der Waals surface area contributed by atoms with Crippen LogP contribution in [0, 0.1) is 17.5 Å². The number of halogens is 3. The molecule has 98 valence electrons. The fourth-order valence-electron chi connectivity index (χ4n) is 1.46. The van der Waals surface area contributed by atoms with Crippen LogP contribution in [0.1, 0.15) is 10.4 Å². The number of phenols is 1. The van der Waals surface area contributed by atoms with Crippen LogP contribution in [0.2, 0.25) is 0 Å². The number of anilines is 1. The topological polar surface area (TPSA) is 49.3 Å². The second kappa shape index (κ2) is 5.01. The first-order valence-electron chi connectivity index (χ1n) is 5.23. The summed E-state index contributed by atoms with van der Waals surface area (Å²) in [4.78, 5) is 11.7. The normalized spacial score (nSPS) is 10.3. The van der Waals surface area contributed by atoms with E-state index in [-0.39, 0.29) is 11.3 Å². The Kier molecular flexibility index (Phi) is 3.41. The SMILES string of the molecule is O=C(Nc1ccc(F)c(F)c1F)c1cccc(O)c1. The second-order valence-corrected chi connectivity index (χ2v) is 3.73. The molecule has 0 spiro atoms. The Bertz CT molecular complexity index is 644. The van der Waals surface area contributed by atoms with Gasteiger partial charge in [0, 0.05) is 5.56 Å². The van der Waals surface area contributed by atoms with Gasteiger partial charge in [-0.15, -0.1) is 0 Å². The number of benzene rings is 2. The molecule has 0 aromatic heterocycles. The van der Waals surface area contributed by atoms with Gasteiger partial charge in [0.25, 0.3) is 5.91 Å². The third-order valence-corrected chi connectivity index (χ3v) is 2.39. The molecule has 0 fully saturated rings. The molecule has 0 aliphatic rings. The van der Waals surface area contributed by atoms with Crippen molar-refractivity contribution in [2.24, 2.45) is 0 Å². The van der Waals surface area contributed by atoms with Gasteiger partial charge in [0.2, 0.25) is 0 Å². The van der Waals surface area contributed by atoms with Crippen LogP contribution in [0.5, 0.6) is 5.75 Å². The van der Waals surface area contributed by atoms with Crippen LogP contribution in [0.4, 0.5) is 18.9 Å². The molecule has 0 saturated heterocycles. The van der Waals surface area contributed by atoms with Crippen molar-refractivity contribution in [3.63, 3.8) is 0 Å². The molecule has 2 rings (SSSR count). The molecule has 0 atom stereocenters. The maximum atomic E-state index is 13.3. The number of carbonyl (C=O) groups excluding carboxylic acids is 1. The van der Waals surface area contributed by atoms with E-state index < -0.39 is 29.0 Å². The van der Waals surface area contributed by atoms with Crippen LogP contribution in [0.25, 0.3) is 0 Å². The van der Waals surface area contributed by atoms with Crippen molar-refractivity contribution >= 4 is 11.6 Å². The molecule has 2 N–H and O–H groups in total. The lowest BCUT2D eigenvalue weighted by atomic mass is 10.2. The van der Waals surface area contributed by atoms with E-state index in [0.29, 0.717) is 6.07 Å². The summed E-state index contributed by atoms with van der Waals surface area (Å²) in [6, 6.07) is 6.94. The Morgan fingerprint density at radius 1 is 1.05 bits per heavy atom. The second-order valence-electron chi connectivity index (χ2n) is 3.73. The summed E-state index contributed by atoms with van der Waals surface area (Å²) in [6.07, 6.45) is 0. The molecule has 0 aliphatic carbocycles. The van der Waals surface area contributed by atoms with Gasteiger partial charge < -0.3 is 10.4 Å². The zero-order valence-corrected chi connectivity index (χ0v) is 9.45. The number of hydrogen-bond acceptors (Lipinski definition) is 2. The number of rotatable bonds is 2. The third-order valence-electron chi connectivity index (χ3n) is 2.39. The summed E-state index contributed by atoms with van der Waals surface area (Å²) in [5.74, 6) is -5.37. The summed E-state index contributed by atoms with van der Waals surface area (Å²) >= 11 is 0. The van der Waals surface area contributed by atoms with Crippen molar-refractivity contribution in [2.45, 2.75) is 0 Å². The summed E-state index contributed by atoms with van der Waals surface area (Å²) in [5, 5.41) is 11.3. The zero-order valence-electron chi connectivity index (χ0n) is 9.45. The highest BCUT2D eigenvalue weighted by Gasteiger charge is 2.16. The third kappa shape index (κ3) is 2.67. The van der Waals surface area contributed by atoms with E-state index >= 15 is 0 Å². The minimum absolute atomic E-state index is 0.0594. The molecule has 19 heavy (non-hydrogen) atoms. The lowest BCUT2D eigenvalue weighted by Crippen LogP contribution is -2.13. The molecular weight excluding hydrogens is 259 g/mol. The molecule has 3 nitrogen and oxygen atoms in total.